The highest BCUT2D eigenvalue weighted by molar-refractivity contribution is 6.34. The van der Waals surface area contributed by atoms with Crippen LogP contribution in [0.15, 0.2) is 24.3 Å². The summed E-state index contributed by atoms with van der Waals surface area (Å²) in [6.07, 6.45) is -0.611. The quantitative estimate of drug-likeness (QED) is 0.667. The second kappa shape index (κ2) is 4.16. The van der Waals surface area contributed by atoms with Gasteiger partial charge < -0.3 is 4.74 Å². The topological polar surface area (TPSA) is 31.2 Å². The molecule has 0 fully saturated rings. The number of hydrogen-bond acceptors (Lipinski definition) is 2. The standard InChI is InChI=1S/C13H13BFNO2/c1-13(2,3)18-12(17)16-10-6-4-5-9(15)8(10)7-11(16)14/h4-7H,1-3H3. The van der Waals surface area contributed by atoms with E-state index in [1.54, 1.807) is 26.8 Å². The molecule has 0 aliphatic heterocycles. The van der Waals surface area contributed by atoms with Gasteiger partial charge in [-0.15, -0.1) is 0 Å². The molecule has 0 N–H and O–H groups in total. The molecular formula is C13H13BFNO2. The number of aromatic nitrogens is 1. The smallest absolute Gasteiger partial charge is 0.418 e. The fourth-order valence-electron chi connectivity index (χ4n) is 1.73. The summed E-state index contributed by atoms with van der Waals surface area (Å²) in [4.78, 5) is 12.0. The highest BCUT2D eigenvalue weighted by Crippen LogP contribution is 2.19. The van der Waals surface area contributed by atoms with Crippen LogP contribution in [-0.4, -0.2) is 24.1 Å². The monoisotopic (exact) mass is 245 g/mol. The number of halogens is 1. The molecule has 0 saturated carbocycles. The maximum Gasteiger partial charge on any atom is 0.418 e. The van der Waals surface area contributed by atoms with Crippen molar-refractivity contribution in [2.24, 2.45) is 0 Å². The molecule has 0 unspecified atom stereocenters. The SMILES string of the molecule is [B]c1cc2c(F)cccc2n1C(=O)OC(C)(C)C. The van der Waals surface area contributed by atoms with Gasteiger partial charge in [-0.2, -0.15) is 0 Å². The highest BCUT2D eigenvalue weighted by Gasteiger charge is 2.21. The van der Waals surface area contributed by atoms with E-state index >= 15 is 0 Å². The van der Waals surface area contributed by atoms with Gasteiger partial charge in [0.15, 0.2) is 0 Å². The lowest BCUT2D eigenvalue weighted by Crippen LogP contribution is -2.32. The zero-order valence-corrected chi connectivity index (χ0v) is 10.5. The van der Waals surface area contributed by atoms with E-state index < -0.39 is 17.5 Å². The molecule has 0 spiro atoms. The Morgan fingerprint density at radius 3 is 2.67 bits per heavy atom. The number of carbonyl (C=O) groups excluding carboxylic acids is 1. The predicted octanol–water partition coefficient (Wildman–Crippen LogP) is 2.36. The molecule has 0 aliphatic rings. The van der Waals surface area contributed by atoms with Crippen molar-refractivity contribution >= 4 is 30.4 Å². The van der Waals surface area contributed by atoms with E-state index in [-0.39, 0.29) is 5.59 Å². The normalized spacial score (nSPS) is 11.8. The van der Waals surface area contributed by atoms with Crippen molar-refractivity contribution in [3.8, 4) is 0 Å². The molecule has 1 heterocycles. The number of hydrogen-bond donors (Lipinski definition) is 0. The van der Waals surface area contributed by atoms with Crippen molar-refractivity contribution < 1.29 is 13.9 Å². The summed E-state index contributed by atoms with van der Waals surface area (Å²) in [5.41, 5.74) is -0.0703. The summed E-state index contributed by atoms with van der Waals surface area (Å²) in [6.45, 7) is 5.27. The van der Waals surface area contributed by atoms with Crippen molar-refractivity contribution in [1.82, 2.24) is 4.57 Å². The van der Waals surface area contributed by atoms with Crippen molar-refractivity contribution in [2.75, 3.05) is 0 Å². The van der Waals surface area contributed by atoms with Gasteiger partial charge in [-0.25, -0.2) is 9.18 Å². The van der Waals surface area contributed by atoms with Crippen LogP contribution in [0.3, 0.4) is 0 Å². The van der Waals surface area contributed by atoms with Gasteiger partial charge in [0.05, 0.1) is 5.52 Å². The third-order valence-electron chi connectivity index (χ3n) is 2.40. The summed E-state index contributed by atoms with van der Waals surface area (Å²) in [6, 6.07) is 5.90. The number of carbonyl (C=O) groups is 1. The molecule has 0 saturated heterocycles. The lowest BCUT2D eigenvalue weighted by atomic mass is 10.1. The third kappa shape index (κ3) is 2.25. The second-order valence-corrected chi connectivity index (χ2v) is 5.06. The first-order valence-electron chi connectivity index (χ1n) is 5.58. The number of nitrogens with zero attached hydrogens (tertiary/aromatic N) is 1. The van der Waals surface area contributed by atoms with Gasteiger partial charge in [0.25, 0.3) is 0 Å². The maximum atomic E-state index is 13.6. The van der Waals surface area contributed by atoms with Gasteiger partial charge in [-0.05, 0) is 44.6 Å². The van der Waals surface area contributed by atoms with Crippen LogP contribution in [-0.2, 0) is 4.74 Å². The average molecular weight is 245 g/mol. The Labute approximate surface area is 106 Å². The van der Waals surface area contributed by atoms with Crippen LogP contribution in [0.25, 0.3) is 10.9 Å². The molecule has 0 atom stereocenters. The Morgan fingerprint density at radius 2 is 2.06 bits per heavy atom. The molecule has 2 rings (SSSR count). The Kier molecular flexibility index (Phi) is 2.93. The van der Waals surface area contributed by atoms with E-state index in [2.05, 4.69) is 0 Å². The van der Waals surface area contributed by atoms with Crippen molar-refractivity contribution in [2.45, 2.75) is 26.4 Å². The summed E-state index contributed by atoms with van der Waals surface area (Å²) >= 11 is 0. The van der Waals surface area contributed by atoms with Crippen molar-refractivity contribution in [3.63, 3.8) is 0 Å². The lowest BCUT2D eigenvalue weighted by molar-refractivity contribution is 0.0549. The maximum absolute atomic E-state index is 13.6. The molecule has 0 bridgehead atoms. The number of rotatable bonds is 0. The van der Waals surface area contributed by atoms with Crippen LogP contribution in [0.4, 0.5) is 9.18 Å². The Hall–Kier alpha value is -1.78. The van der Waals surface area contributed by atoms with Crippen LogP contribution in [0, 0.1) is 5.82 Å². The molecule has 5 heteroatoms. The Morgan fingerprint density at radius 1 is 1.39 bits per heavy atom. The van der Waals surface area contributed by atoms with Gasteiger partial charge in [0.1, 0.15) is 19.3 Å². The van der Waals surface area contributed by atoms with Gasteiger partial charge in [-0.3, -0.25) is 4.57 Å². The molecule has 2 radical (unpaired) electrons. The van der Waals surface area contributed by atoms with Crippen LogP contribution in [0.5, 0.6) is 0 Å². The van der Waals surface area contributed by atoms with Crippen LogP contribution in [0.2, 0.25) is 0 Å². The minimum Gasteiger partial charge on any atom is -0.443 e. The minimum absolute atomic E-state index is 0.157. The summed E-state index contributed by atoms with van der Waals surface area (Å²) in [5, 5.41) is 0.306. The first-order valence-corrected chi connectivity index (χ1v) is 5.58. The predicted molar refractivity (Wildman–Crippen MR) is 68.9 cm³/mol. The van der Waals surface area contributed by atoms with E-state index in [0.717, 1.165) is 0 Å². The van der Waals surface area contributed by atoms with Crippen molar-refractivity contribution in [1.29, 1.82) is 0 Å². The number of fused-ring (bicyclic) bond motifs is 1. The van der Waals surface area contributed by atoms with Crippen molar-refractivity contribution in [3.05, 3.63) is 30.1 Å². The largest absolute Gasteiger partial charge is 0.443 e. The zero-order valence-electron chi connectivity index (χ0n) is 10.5. The Balaban J connectivity index is 2.54. The van der Waals surface area contributed by atoms with E-state index in [4.69, 9.17) is 12.6 Å². The molecular weight excluding hydrogens is 232 g/mol. The molecule has 3 nitrogen and oxygen atoms in total. The molecule has 1 aromatic carbocycles. The zero-order chi connectivity index (χ0) is 13.5. The molecule has 0 amide bonds. The average Bonchev–Trinajstić information content (AvgIpc) is 2.53. The lowest BCUT2D eigenvalue weighted by Gasteiger charge is -2.20. The molecule has 2 aromatic rings. The first-order chi connectivity index (χ1) is 8.29. The van der Waals surface area contributed by atoms with Gasteiger partial charge in [-0.1, -0.05) is 6.07 Å². The fourth-order valence-corrected chi connectivity index (χ4v) is 1.73. The van der Waals surface area contributed by atoms with Gasteiger partial charge in [0.2, 0.25) is 0 Å². The van der Waals surface area contributed by atoms with E-state index in [9.17, 15) is 9.18 Å². The van der Waals surface area contributed by atoms with Crippen LogP contribution < -0.4 is 5.59 Å². The van der Waals surface area contributed by atoms with Gasteiger partial charge >= 0.3 is 6.09 Å². The fraction of sp³-hybridized carbons (Fsp3) is 0.308. The highest BCUT2D eigenvalue weighted by atomic mass is 19.1. The van der Waals surface area contributed by atoms with E-state index in [0.29, 0.717) is 10.9 Å². The second-order valence-electron chi connectivity index (χ2n) is 5.06. The van der Waals surface area contributed by atoms with E-state index in [1.165, 1.54) is 22.8 Å². The van der Waals surface area contributed by atoms with Crippen LogP contribution >= 0.6 is 0 Å². The molecule has 18 heavy (non-hydrogen) atoms. The van der Waals surface area contributed by atoms with Gasteiger partial charge in [0, 0.05) is 5.39 Å². The first kappa shape index (κ1) is 12.7. The molecule has 1 aromatic heterocycles. The third-order valence-corrected chi connectivity index (χ3v) is 2.40. The molecule has 92 valence electrons. The summed E-state index contributed by atoms with van der Waals surface area (Å²) in [7, 11) is 5.74. The minimum atomic E-state index is -0.632. The number of benzene rings is 1. The van der Waals surface area contributed by atoms with E-state index in [1.807, 2.05) is 0 Å². The summed E-state index contributed by atoms with van der Waals surface area (Å²) < 4.78 is 20.0. The van der Waals surface area contributed by atoms with Crippen LogP contribution in [0.1, 0.15) is 20.8 Å². The summed E-state index contributed by atoms with van der Waals surface area (Å²) in [5.74, 6) is -0.415. The molecule has 0 aliphatic carbocycles. The number of ether oxygens (including phenoxy) is 1. The Bertz CT molecular complexity index is 613.